The zero-order valence-corrected chi connectivity index (χ0v) is 14.7. The molecule has 1 atom stereocenters. The van der Waals surface area contributed by atoms with Crippen LogP contribution in [0.4, 0.5) is 0 Å². The molecule has 0 aliphatic heterocycles. The number of rotatable bonds is 5. The average molecular weight is 327 g/mol. The van der Waals surface area contributed by atoms with Crippen molar-refractivity contribution in [1.29, 1.82) is 0 Å². The monoisotopic (exact) mass is 327 g/mol. The van der Waals surface area contributed by atoms with Crippen molar-refractivity contribution >= 4 is 22.6 Å². The van der Waals surface area contributed by atoms with Crippen LogP contribution in [-0.4, -0.2) is 43.4 Å². The first-order valence-electron chi connectivity index (χ1n) is 8.13. The summed E-state index contributed by atoms with van der Waals surface area (Å²) in [6.45, 7) is 4.01. The zero-order chi connectivity index (χ0) is 17.7. The highest BCUT2D eigenvalue weighted by Gasteiger charge is 2.20. The number of amides is 2. The lowest BCUT2D eigenvalue weighted by Crippen LogP contribution is -2.45. The summed E-state index contributed by atoms with van der Waals surface area (Å²) in [6.07, 6.45) is 0. The third-order valence-electron chi connectivity index (χ3n) is 3.89. The zero-order valence-electron chi connectivity index (χ0n) is 14.7. The first-order valence-corrected chi connectivity index (χ1v) is 8.13. The molecule has 2 aromatic carbocycles. The van der Waals surface area contributed by atoms with Crippen LogP contribution in [0.2, 0.25) is 0 Å². The van der Waals surface area contributed by atoms with Gasteiger partial charge in [0.15, 0.2) is 0 Å². The second-order valence-electron chi connectivity index (χ2n) is 6.39. The highest BCUT2D eigenvalue weighted by atomic mass is 16.2. The van der Waals surface area contributed by atoms with Crippen LogP contribution < -0.4 is 10.6 Å². The predicted molar refractivity (Wildman–Crippen MR) is 96.7 cm³/mol. The molecule has 0 bridgehead atoms. The Hall–Kier alpha value is -2.40. The number of nitrogens with one attached hydrogen (secondary N) is 2. The quantitative estimate of drug-likeness (QED) is 0.827. The van der Waals surface area contributed by atoms with Gasteiger partial charge in [0.2, 0.25) is 0 Å². The van der Waals surface area contributed by atoms with Gasteiger partial charge < -0.3 is 15.5 Å². The Kier molecular flexibility index (Phi) is 5.93. The summed E-state index contributed by atoms with van der Waals surface area (Å²) in [7, 11) is 3.93. The molecule has 2 N–H and O–H groups in total. The van der Waals surface area contributed by atoms with Crippen LogP contribution >= 0.6 is 0 Å². The van der Waals surface area contributed by atoms with Crippen molar-refractivity contribution in [3.8, 4) is 0 Å². The first-order chi connectivity index (χ1) is 11.4. The number of fused-ring (bicyclic) bond motifs is 1. The maximum Gasteiger partial charge on any atom is 0.309 e. The molecule has 0 fully saturated rings. The number of likely N-dealkylation sites (N-methyl/N-ethyl adjacent to an activating group) is 1. The standard InChI is InChI=1S/C19H25N3O2/c1-13(2)21-19(24)18(23)20-12-17(22(3)4)16-11-7-9-14-8-5-6-10-15(14)16/h5-11,13,17H,12H2,1-4H3,(H,20,23)(H,21,24). The fourth-order valence-corrected chi connectivity index (χ4v) is 2.71. The van der Waals surface area contributed by atoms with Crippen LogP contribution in [0.5, 0.6) is 0 Å². The molecular weight excluding hydrogens is 302 g/mol. The van der Waals surface area contributed by atoms with Gasteiger partial charge in [0.1, 0.15) is 0 Å². The van der Waals surface area contributed by atoms with E-state index >= 15 is 0 Å². The summed E-state index contributed by atoms with van der Waals surface area (Å²) in [5.41, 5.74) is 1.13. The summed E-state index contributed by atoms with van der Waals surface area (Å²) in [5, 5.41) is 7.65. The Labute approximate surface area is 143 Å². The van der Waals surface area contributed by atoms with Gasteiger partial charge in [-0.1, -0.05) is 42.5 Å². The molecule has 0 heterocycles. The Morgan fingerprint density at radius 2 is 1.67 bits per heavy atom. The molecule has 2 amide bonds. The van der Waals surface area contributed by atoms with Crippen molar-refractivity contribution in [2.75, 3.05) is 20.6 Å². The molecule has 5 heteroatoms. The third-order valence-corrected chi connectivity index (χ3v) is 3.89. The van der Waals surface area contributed by atoms with Gasteiger partial charge in [0, 0.05) is 12.6 Å². The molecule has 0 aromatic heterocycles. The molecule has 0 aliphatic rings. The highest BCUT2D eigenvalue weighted by Crippen LogP contribution is 2.26. The molecule has 2 rings (SSSR count). The summed E-state index contributed by atoms with van der Waals surface area (Å²) in [5.74, 6) is -1.20. The SMILES string of the molecule is CC(C)NC(=O)C(=O)NCC(c1cccc2ccccc12)N(C)C. The summed E-state index contributed by atoms with van der Waals surface area (Å²) >= 11 is 0. The van der Waals surface area contributed by atoms with E-state index in [9.17, 15) is 9.59 Å². The van der Waals surface area contributed by atoms with Gasteiger partial charge in [0.25, 0.3) is 0 Å². The largest absolute Gasteiger partial charge is 0.346 e. The van der Waals surface area contributed by atoms with Crippen molar-refractivity contribution < 1.29 is 9.59 Å². The maximum atomic E-state index is 12.0. The molecule has 0 radical (unpaired) electrons. The smallest absolute Gasteiger partial charge is 0.309 e. The van der Waals surface area contributed by atoms with E-state index in [2.05, 4.69) is 34.9 Å². The van der Waals surface area contributed by atoms with Crippen LogP contribution in [-0.2, 0) is 9.59 Å². The van der Waals surface area contributed by atoms with E-state index < -0.39 is 11.8 Å². The van der Waals surface area contributed by atoms with E-state index in [1.54, 1.807) is 0 Å². The average Bonchev–Trinajstić information content (AvgIpc) is 2.54. The van der Waals surface area contributed by atoms with Gasteiger partial charge in [-0.2, -0.15) is 0 Å². The predicted octanol–water partition coefficient (Wildman–Crippen LogP) is 2.08. The van der Waals surface area contributed by atoms with Crippen LogP contribution in [0.15, 0.2) is 42.5 Å². The normalized spacial score (nSPS) is 12.4. The lowest BCUT2D eigenvalue weighted by atomic mass is 9.98. The molecule has 2 aromatic rings. The van der Waals surface area contributed by atoms with Gasteiger partial charge >= 0.3 is 11.8 Å². The number of carbonyl (C=O) groups excluding carboxylic acids is 2. The molecule has 0 saturated carbocycles. The number of nitrogens with zero attached hydrogens (tertiary/aromatic N) is 1. The summed E-state index contributed by atoms with van der Waals surface area (Å²) in [4.78, 5) is 25.8. The van der Waals surface area contributed by atoms with Crippen LogP contribution in [0.3, 0.4) is 0 Å². The molecule has 24 heavy (non-hydrogen) atoms. The van der Waals surface area contributed by atoms with Crippen LogP contribution in [0.25, 0.3) is 10.8 Å². The third kappa shape index (κ3) is 4.32. The van der Waals surface area contributed by atoms with Gasteiger partial charge in [-0.25, -0.2) is 0 Å². The van der Waals surface area contributed by atoms with E-state index in [1.165, 1.54) is 0 Å². The second-order valence-corrected chi connectivity index (χ2v) is 6.39. The molecule has 0 aliphatic carbocycles. The number of hydrogen-bond donors (Lipinski definition) is 2. The van der Waals surface area contributed by atoms with E-state index in [0.29, 0.717) is 6.54 Å². The minimum Gasteiger partial charge on any atom is -0.346 e. The Morgan fingerprint density at radius 1 is 1.00 bits per heavy atom. The van der Waals surface area contributed by atoms with Crippen molar-refractivity contribution in [2.45, 2.75) is 25.9 Å². The fourth-order valence-electron chi connectivity index (χ4n) is 2.71. The number of hydrogen-bond acceptors (Lipinski definition) is 3. The number of carbonyl (C=O) groups is 2. The molecule has 0 spiro atoms. The van der Waals surface area contributed by atoms with Crippen LogP contribution in [0.1, 0.15) is 25.5 Å². The highest BCUT2D eigenvalue weighted by molar-refractivity contribution is 6.35. The Bertz CT molecular complexity index is 720. The van der Waals surface area contributed by atoms with Crippen molar-refractivity contribution in [3.05, 3.63) is 48.0 Å². The van der Waals surface area contributed by atoms with Crippen LogP contribution in [0, 0.1) is 0 Å². The lowest BCUT2D eigenvalue weighted by Gasteiger charge is -2.26. The molecule has 1 unspecified atom stereocenters. The van der Waals surface area contributed by atoms with E-state index in [-0.39, 0.29) is 12.1 Å². The lowest BCUT2D eigenvalue weighted by molar-refractivity contribution is -0.139. The van der Waals surface area contributed by atoms with Crippen molar-refractivity contribution in [3.63, 3.8) is 0 Å². The van der Waals surface area contributed by atoms with Crippen molar-refractivity contribution in [1.82, 2.24) is 15.5 Å². The first kappa shape index (κ1) is 17.9. The Morgan fingerprint density at radius 3 is 2.33 bits per heavy atom. The molecule has 128 valence electrons. The molecule has 0 saturated heterocycles. The second kappa shape index (κ2) is 7.93. The summed E-state index contributed by atoms with van der Waals surface area (Å²) in [6, 6.07) is 14.2. The maximum absolute atomic E-state index is 12.0. The minimum atomic E-state index is -0.601. The van der Waals surface area contributed by atoms with Gasteiger partial charge in [-0.15, -0.1) is 0 Å². The van der Waals surface area contributed by atoms with E-state index in [0.717, 1.165) is 16.3 Å². The van der Waals surface area contributed by atoms with Gasteiger partial charge in [-0.3, -0.25) is 9.59 Å². The Balaban J connectivity index is 2.18. The minimum absolute atomic E-state index is 0.0214. The van der Waals surface area contributed by atoms with E-state index in [4.69, 9.17) is 0 Å². The van der Waals surface area contributed by atoms with Gasteiger partial charge in [0.05, 0.1) is 6.04 Å². The number of benzene rings is 2. The van der Waals surface area contributed by atoms with E-state index in [1.807, 2.05) is 51.0 Å². The fraction of sp³-hybridized carbons (Fsp3) is 0.368. The molecule has 5 nitrogen and oxygen atoms in total. The molecular formula is C19H25N3O2. The topological polar surface area (TPSA) is 61.4 Å². The summed E-state index contributed by atoms with van der Waals surface area (Å²) < 4.78 is 0. The van der Waals surface area contributed by atoms with Crippen molar-refractivity contribution in [2.24, 2.45) is 0 Å². The van der Waals surface area contributed by atoms with Gasteiger partial charge in [-0.05, 0) is 44.3 Å².